The van der Waals surface area contributed by atoms with Crippen molar-refractivity contribution in [3.8, 4) is 5.69 Å². The highest BCUT2D eigenvalue weighted by Crippen LogP contribution is 2.25. The van der Waals surface area contributed by atoms with E-state index in [9.17, 15) is 4.79 Å². The maximum absolute atomic E-state index is 10.6. The number of aryl methyl sites for hydroxylation is 2. The second-order valence-electron chi connectivity index (χ2n) is 3.98. The van der Waals surface area contributed by atoms with E-state index in [2.05, 4.69) is 26.1 Å². The van der Waals surface area contributed by atoms with E-state index < -0.39 is 5.97 Å². The number of benzene rings is 1. The van der Waals surface area contributed by atoms with Gasteiger partial charge in [-0.05, 0) is 31.5 Å². The van der Waals surface area contributed by atoms with Crippen molar-refractivity contribution in [2.24, 2.45) is 0 Å². The third-order valence-corrected chi connectivity index (χ3v) is 4.30. The molecule has 0 unspecified atom stereocenters. The first-order chi connectivity index (χ1) is 8.99. The Balaban J connectivity index is 2.40. The molecule has 0 aliphatic carbocycles. The van der Waals surface area contributed by atoms with Gasteiger partial charge in [-0.1, -0.05) is 33.8 Å². The summed E-state index contributed by atoms with van der Waals surface area (Å²) in [6.07, 6.45) is 0. The van der Waals surface area contributed by atoms with Crippen LogP contribution in [-0.4, -0.2) is 31.6 Å². The second kappa shape index (κ2) is 5.75. The summed E-state index contributed by atoms with van der Waals surface area (Å²) in [6.45, 7) is 3.85. The van der Waals surface area contributed by atoms with Gasteiger partial charge < -0.3 is 5.11 Å². The average Bonchev–Trinajstić information content (AvgIpc) is 2.71. The Kier molecular flexibility index (Phi) is 4.26. The Labute approximate surface area is 123 Å². The minimum Gasteiger partial charge on any atom is -0.481 e. The van der Waals surface area contributed by atoms with E-state index in [1.165, 1.54) is 0 Å². The number of aliphatic carboxylic acids is 1. The van der Waals surface area contributed by atoms with Crippen molar-refractivity contribution in [3.63, 3.8) is 0 Å². The molecule has 1 aromatic carbocycles. The molecule has 0 radical (unpaired) electrons. The molecule has 0 amide bonds. The number of carbonyl (C=O) groups is 1. The van der Waals surface area contributed by atoms with Crippen molar-refractivity contribution in [2.45, 2.75) is 19.0 Å². The van der Waals surface area contributed by atoms with Gasteiger partial charge in [-0.15, -0.1) is 10.2 Å². The molecule has 0 aliphatic rings. The highest BCUT2D eigenvalue weighted by atomic mass is 79.9. The minimum absolute atomic E-state index is 0.0365. The summed E-state index contributed by atoms with van der Waals surface area (Å²) in [5.41, 5.74) is 2.04. The summed E-state index contributed by atoms with van der Waals surface area (Å²) in [6, 6.07) is 5.92. The molecular formula is C12H12BrN3O2S. The zero-order valence-corrected chi connectivity index (χ0v) is 12.8. The van der Waals surface area contributed by atoms with Crippen molar-refractivity contribution in [1.82, 2.24) is 14.8 Å². The Morgan fingerprint density at radius 3 is 2.79 bits per heavy atom. The number of thioether (sulfide) groups is 1. The Hall–Kier alpha value is -1.34. The molecule has 5 nitrogen and oxygen atoms in total. The van der Waals surface area contributed by atoms with E-state index in [1.54, 1.807) is 0 Å². The predicted octanol–water partition coefficient (Wildman–Crippen LogP) is 2.82. The van der Waals surface area contributed by atoms with E-state index in [-0.39, 0.29) is 5.75 Å². The molecule has 7 heteroatoms. The van der Waals surface area contributed by atoms with Crippen molar-refractivity contribution >= 4 is 33.7 Å². The van der Waals surface area contributed by atoms with Gasteiger partial charge in [0.25, 0.3) is 0 Å². The summed E-state index contributed by atoms with van der Waals surface area (Å²) in [5, 5.41) is 17.3. The summed E-state index contributed by atoms with van der Waals surface area (Å²) in [5.74, 6) is -0.184. The van der Waals surface area contributed by atoms with Crippen LogP contribution < -0.4 is 0 Å². The van der Waals surface area contributed by atoms with Gasteiger partial charge in [-0.2, -0.15) is 0 Å². The lowest BCUT2D eigenvalue weighted by atomic mass is 10.2. The Morgan fingerprint density at radius 2 is 2.16 bits per heavy atom. The van der Waals surface area contributed by atoms with Gasteiger partial charge in [0.1, 0.15) is 5.82 Å². The fourth-order valence-electron chi connectivity index (χ4n) is 1.58. The number of rotatable bonds is 4. The highest BCUT2D eigenvalue weighted by Gasteiger charge is 2.13. The Bertz CT molecular complexity index is 627. The molecule has 1 heterocycles. The molecule has 0 saturated carbocycles. The van der Waals surface area contributed by atoms with Crippen LogP contribution in [0.3, 0.4) is 0 Å². The molecule has 2 rings (SSSR count). The van der Waals surface area contributed by atoms with Crippen LogP contribution in [0.25, 0.3) is 5.69 Å². The summed E-state index contributed by atoms with van der Waals surface area (Å²) in [7, 11) is 0. The molecule has 0 atom stereocenters. The molecule has 19 heavy (non-hydrogen) atoms. The first-order valence-electron chi connectivity index (χ1n) is 5.52. The van der Waals surface area contributed by atoms with Crippen LogP contribution in [0, 0.1) is 13.8 Å². The zero-order valence-electron chi connectivity index (χ0n) is 10.4. The van der Waals surface area contributed by atoms with Gasteiger partial charge in [0.15, 0.2) is 5.16 Å². The minimum atomic E-state index is -0.873. The van der Waals surface area contributed by atoms with Crippen molar-refractivity contribution in [3.05, 3.63) is 34.1 Å². The van der Waals surface area contributed by atoms with E-state index >= 15 is 0 Å². The van der Waals surface area contributed by atoms with Crippen LogP contribution in [0.4, 0.5) is 0 Å². The zero-order chi connectivity index (χ0) is 14.0. The van der Waals surface area contributed by atoms with Crippen LogP contribution in [0.2, 0.25) is 0 Å². The van der Waals surface area contributed by atoms with Crippen molar-refractivity contribution < 1.29 is 9.90 Å². The molecule has 2 aromatic rings. The second-order valence-corrected chi connectivity index (χ2v) is 5.78. The maximum Gasteiger partial charge on any atom is 0.313 e. The number of carboxylic acid groups (broad SMARTS) is 1. The fourth-order valence-corrected chi connectivity index (χ4v) is 2.67. The third-order valence-electron chi connectivity index (χ3n) is 2.53. The van der Waals surface area contributed by atoms with Crippen LogP contribution in [0.1, 0.15) is 11.4 Å². The van der Waals surface area contributed by atoms with Gasteiger partial charge in [-0.25, -0.2) is 0 Å². The summed E-state index contributed by atoms with van der Waals surface area (Å²) < 4.78 is 2.84. The Morgan fingerprint density at radius 1 is 1.42 bits per heavy atom. The fraction of sp³-hybridized carbons (Fsp3) is 0.250. The molecule has 0 fully saturated rings. The predicted molar refractivity (Wildman–Crippen MR) is 76.9 cm³/mol. The van der Waals surface area contributed by atoms with E-state index in [0.29, 0.717) is 5.16 Å². The van der Waals surface area contributed by atoms with Gasteiger partial charge in [-0.3, -0.25) is 9.36 Å². The highest BCUT2D eigenvalue weighted by molar-refractivity contribution is 9.10. The molecule has 1 aromatic heterocycles. The van der Waals surface area contributed by atoms with E-state index in [1.807, 2.05) is 36.6 Å². The first-order valence-corrected chi connectivity index (χ1v) is 7.30. The average molecular weight is 342 g/mol. The van der Waals surface area contributed by atoms with Gasteiger partial charge in [0, 0.05) is 4.47 Å². The lowest BCUT2D eigenvalue weighted by Crippen LogP contribution is -2.03. The number of halogens is 1. The number of aromatic nitrogens is 3. The summed E-state index contributed by atoms with van der Waals surface area (Å²) >= 11 is 4.64. The molecule has 0 bridgehead atoms. The largest absolute Gasteiger partial charge is 0.481 e. The molecular weight excluding hydrogens is 330 g/mol. The third kappa shape index (κ3) is 3.16. The normalized spacial score (nSPS) is 10.7. The lowest BCUT2D eigenvalue weighted by molar-refractivity contribution is -0.133. The molecule has 1 N–H and O–H groups in total. The number of hydrogen-bond acceptors (Lipinski definition) is 4. The molecule has 0 aliphatic heterocycles. The number of nitrogens with zero attached hydrogens (tertiary/aromatic N) is 3. The molecule has 0 spiro atoms. The quantitative estimate of drug-likeness (QED) is 0.866. The van der Waals surface area contributed by atoms with Crippen molar-refractivity contribution in [2.75, 3.05) is 5.75 Å². The monoisotopic (exact) mass is 341 g/mol. The van der Waals surface area contributed by atoms with E-state index in [4.69, 9.17) is 5.11 Å². The standard InChI is InChI=1S/C12H12BrN3O2S/c1-7-3-4-9(5-10(7)13)16-8(2)14-15-12(16)19-6-11(17)18/h3-5H,6H2,1-2H3,(H,17,18). The van der Waals surface area contributed by atoms with Gasteiger partial charge >= 0.3 is 5.97 Å². The van der Waals surface area contributed by atoms with Crippen LogP contribution >= 0.6 is 27.7 Å². The molecule has 0 saturated heterocycles. The van der Waals surface area contributed by atoms with Crippen LogP contribution in [0.5, 0.6) is 0 Å². The smallest absolute Gasteiger partial charge is 0.313 e. The van der Waals surface area contributed by atoms with Crippen molar-refractivity contribution in [1.29, 1.82) is 0 Å². The number of carboxylic acids is 1. The van der Waals surface area contributed by atoms with Crippen LogP contribution in [-0.2, 0) is 4.79 Å². The SMILES string of the molecule is Cc1ccc(-n2c(C)nnc2SCC(=O)O)cc1Br. The maximum atomic E-state index is 10.6. The van der Waals surface area contributed by atoms with Crippen LogP contribution in [0.15, 0.2) is 27.8 Å². The topological polar surface area (TPSA) is 68.0 Å². The first kappa shape index (κ1) is 14.1. The summed E-state index contributed by atoms with van der Waals surface area (Å²) in [4.78, 5) is 10.6. The number of hydrogen-bond donors (Lipinski definition) is 1. The molecule has 100 valence electrons. The van der Waals surface area contributed by atoms with E-state index in [0.717, 1.165) is 33.3 Å². The lowest BCUT2D eigenvalue weighted by Gasteiger charge is -2.09. The van der Waals surface area contributed by atoms with Gasteiger partial charge in [0.05, 0.1) is 11.4 Å². The van der Waals surface area contributed by atoms with Gasteiger partial charge in [0.2, 0.25) is 0 Å².